The first-order valence-corrected chi connectivity index (χ1v) is 18.4. The second-order valence-electron chi connectivity index (χ2n) is 16.4. The molecular formula is C38H57N5O6. The molecule has 2 saturated carbocycles. The molecule has 2 N–H and O–H groups in total. The molecule has 2 heterocycles. The van der Waals surface area contributed by atoms with Crippen molar-refractivity contribution in [1.29, 1.82) is 0 Å². The fourth-order valence-electron chi connectivity index (χ4n) is 8.14. The number of rotatable bonds is 14. The highest BCUT2D eigenvalue weighted by Crippen LogP contribution is 2.44. The van der Waals surface area contributed by atoms with Crippen molar-refractivity contribution in [3.05, 3.63) is 24.3 Å². The molecule has 6 atom stereocenters. The van der Waals surface area contributed by atoms with E-state index in [1.54, 1.807) is 18.7 Å². The summed E-state index contributed by atoms with van der Waals surface area (Å²) < 4.78 is 0. The van der Waals surface area contributed by atoms with Gasteiger partial charge in [0.15, 0.2) is 5.78 Å². The van der Waals surface area contributed by atoms with Crippen LogP contribution in [0.4, 0.5) is 0 Å². The third-order valence-corrected chi connectivity index (χ3v) is 10.9. The summed E-state index contributed by atoms with van der Waals surface area (Å²) in [6, 6.07) is -2.55. The normalized spacial score (nSPS) is 23.1. The van der Waals surface area contributed by atoms with Crippen molar-refractivity contribution in [2.75, 3.05) is 6.54 Å². The Balaban J connectivity index is 1.58. The van der Waals surface area contributed by atoms with Crippen LogP contribution < -0.4 is 10.6 Å². The standard InChI is InChI=1S/C38H57N5O6/c1-22(2)18-30(45)34(46)31(23(3)4)41-36(48)33-26-15-11-14-25(26)21-43(33)37(49)27(38(5,6)7)19-29(44)32(24-12-9-8-10-13-24)42-35(47)28-20-39-16-17-40-28/h16-17,20,22-27,31-33H,8-15,18-19,21H2,1-7H3,(H,41,48)(H,42,47)/t25-,26-,27?,31-,32-,33?/m0/s1. The molecule has 2 aliphatic carbocycles. The first-order valence-electron chi connectivity index (χ1n) is 18.4. The van der Waals surface area contributed by atoms with E-state index in [0.29, 0.717) is 6.54 Å². The maximum atomic E-state index is 14.7. The number of nitrogens with zero attached hydrogens (tertiary/aromatic N) is 3. The average molecular weight is 680 g/mol. The Morgan fingerprint density at radius 3 is 2.16 bits per heavy atom. The zero-order valence-corrected chi connectivity index (χ0v) is 30.5. The van der Waals surface area contributed by atoms with Gasteiger partial charge in [-0.05, 0) is 60.7 Å². The van der Waals surface area contributed by atoms with Crippen molar-refractivity contribution in [1.82, 2.24) is 25.5 Å². The fourth-order valence-corrected chi connectivity index (χ4v) is 8.14. The molecule has 11 heteroatoms. The lowest BCUT2D eigenvalue weighted by molar-refractivity contribution is -0.148. The number of hydrogen-bond acceptors (Lipinski definition) is 8. The number of amides is 3. The van der Waals surface area contributed by atoms with Crippen LogP contribution in [-0.2, 0) is 24.0 Å². The van der Waals surface area contributed by atoms with E-state index < -0.39 is 52.8 Å². The summed E-state index contributed by atoms with van der Waals surface area (Å²) in [5.41, 5.74) is -0.502. The maximum absolute atomic E-state index is 14.7. The van der Waals surface area contributed by atoms with Gasteiger partial charge in [0.25, 0.3) is 5.91 Å². The molecule has 1 saturated heterocycles. The van der Waals surface area contributed by atoms with Crippen LogP contribution in [-0.4, -0.2) is 74.6 Å². The van der Waals surface area contributed by atoms with Crippen molar-refractivity contribution in [2.24, 2.45) is 40.9 Å². The molecule has 270 valence electrons. The third-order valence-electron chi connectivity index (χ3n) is 10.9. The molecule has 2 unspecified atom stereocenters. The van der Waals surface area contributed by atoms with Crippen LogP contribution in [0.2, 0.25) is 0 Å². The molecule has 0 aromatic carbocycles. The van der Waals surface area contributed by atoms with E-state index in [4.69, 9.17) is 0 Å². The smallest absolute Gasteiger partial charge is 0.272 e. The van der Waals surface area contributed by atoms with Crippen LogP contribution in [0.25, 0.3) is 0 Å². The Bertz CT molecular complexity index is 1370. The minimum absolute atomic E-state index is 0.0113. The summed E-state index contributed by atoms with van der Waals surface area (Å²) >= 11 is 0. The minimum atomic E-state index is -0.981. The van der Waals surface area contributed by atoms with E-state index in [9.17, 15) is 28.8 Å². The van der Waals surface area contributed by atoms with Crippen LogP contribution in [0.3, 0.4) is 0 Å². The summed E-state index contributed by atoms with van der Waals surface area (Å²) in [7, 11) is 0. The second kappa shape index (κ2) is 16.5. The van der Waals surface area contributed by atoms with Crippen molar-refractivity contribution >= 4 is 35.1 Å². The first-order chi connectivity index (χ1) is 23.1. The number of carbonyl (C=O) groups is 6. The largest absolute Gasteiger partial charge is 0.344 e. The molecule has 0 spiro atoms. The van der Waals surface area contributed by atoms with Gasteiger partial charge >= 0.3 is 0 Å². The van der Waals surface area contributed by atoms with Crippen LogP contribution in [0, 0.1) is 40.9 Å². The molecule has 1 aromatic rings. The zero-order valence-electron chi connectivity index (χ0n) is 30.5. The number of carbonyl (C=O) groups excluding carboxylic acids is 6. The molecule has 0 bridgehead atoms. The van der Waals surface area contributed by atoms with E-state index >= 15 is 0 Å². The topological polar surface area (TPSA) is 156 Å². The lowest BCUT2D eigenvalue weighted by Gasteiger charge is -2.37. The highest BCUT2D eigenvalue weighted by atomic mass is 16.2. The number of likely N-dealkylation sites (tertiary alicyclic amines) is 1. The van der Waals surface area contributed by atoms with Gasteiger partial charge < -0.3 is 15.5 Å². The Labute approximate surface area is 291 Å². The molecular weight excluding hydrogens is 622 g/mol. The van der Waals surface area contributed by atoms with Gasteiger partial charge in [-0.2, -0.15) is 0 Å². The molecule has 3 aliphatic rings. The molecule has 11 nitrogen and oxygen atoms in total. The van der Waals surface area contributed by atoms with Gasteiger partial charge in [0.1, 0.15) is 11.7 Å². The SMILES string of the molecule is CC(C)CC(=O)C(=O)[C@@H](NC(=O)C1[C@H]2CCC[C@H]2CN1C(=O)C(CC(=O)[C@@H](NC(=O)c1cnccn1)C1CCCCC1)C(C)(C)C)C(C)C. The van der Waals surface area contributed by atoms with Crippen LogP contribution in [0.5, 0.6) is 0 Å². The van der Waals surface area contributed by atoms with Gasteiger partial charge in [-0.3, -0.25) is 33.8 Å². The number of nitrogens with one attached hydrogen (secondary N) is 2. The molecule has 4 rings (SSSR count). The highest BCUT2D eigenvalue weighted by molar-refractivity contribution is 6.39. The number of fused-ring (bicyclic) bond motifs is 1. The Morgan fingerprint density at radius 1 is 0.878 bits per heavy atom. The van der Waals surface area contributed by atoms with Gasteiger partial charge in [0, 0.05) is 37.7 Å². The summed E-state index contributed by atoms with van der Waals surface area (Å²) in [4.78, 5) is 92.0. The van der Waals surface area contributed by atoms with Gasteiger partial charge in [-0.1, -0.05) is 74.1 Å². The molecule has 1 aromatic heterocycles. The minimum Gasteiger partial charge on any atom is -0.344 e. The average Bonchev–Trinajstić information content (AvgIpc) is 3.66. The highest BCUT2D eigenvalue weighted by Gasteiger charge is 2.52. The quantitative estimate of drug-likeness (QED) is 0.268. The summed E-state index contributed by atoms with van der Waals surface area (Å²) in [6.07, 6.45) is 11.6. The number of ketones is 3. The van der Waals surface area contributed by atoms with Crippen LogP contribution >= 0.6 is 0 Å². The monoisotopic (exact) mass is 679 g/mol. The number of hydrogen-bond donors (Lipinski definition) is 2. The predicted molar refractivity (Wildman–Crippen MR) is 185 cm³/mol. The molecule has 3 fully saturated rings. The molecule has 3 amide bonds. The van der Waals surface area contributed by atoms with Crippen LogP contribution in [0.1, 0.15) is 123 Å². The van der Waals surface area contributed by atoms with Gasteiger partial charge in [-0.25, -0.2) is 4.98 Å². The Hall–Kier alpha value is -3.50. The van der Waals surface area contributed by atoms with Gasteiger partial charge in [0.05, 0.1) is 18.3 Å². The number of aromatic nitrogens is 2. The first kappa shape index (κ1) is 38.3. The summed E-state index contributed by atoms with van der Waals surface area (Å²) in [6.45, 7) is 13.5. The lowest BCUT2D eigenvalue weighted by Crippen LogP contribution is -2.56. The predicted octanol–water partition coefficient (Wildman–Crippen LogP) is 4.73. The summed E-state index contributed by atoms with van der Waals surface area (Å²) in [5, 5.41) is 5.85. The maximum Gasteiger partial charge on any atom is 0.272 e. The molecule has 1 aliphatic heterocycles. The van der Waals surface area contributed by atoms with E-state index in [2.05, 4.69) is 20.6 Å². The van der Waals surface area contributed by atoms with Gasteiger partial charge in [0.2, 0.25) is 23.4 Å². The van der Waals surface area contributed by atoms with E-state index in [-0.39, 0.29) is 59.8 Å². The summed E-state index contributed by atoms with van der Waals surface area (Å²) in [5.74, 6) is -3.47. The van der Waals surface area contributed by atoms with Crippen molar-refractivity contribution in [3.8, 4) is 0 Å². The Morgan fingerprint density at radius 2 is 1.57 bits per heavy atom. The second-order valence-corrected chi connectivity index (χ2v) is 16.4. The third kappa shape index (κ3) is 9.39. The van der Waals surface area contributed by atoms with E-state index in [1.807, 2.05) is 34.6 Å². The van der Waals surface area contributed by atoms with Crippen molar-refractivity contribution < 1.29 is 28.8 Å². The lowest BCUT2D eigenvalue weighted by atomic mass is 9.74. The van der Waals surface area contributed by atoms with Crippen molar-refractivity contribution in [3.63, 3.8) is 0 Å². The number of Topliss-reactive ketones (excluding diaryl/α,β-unsaturated/α-hetero) is 3. The van der Waals surface area contributed by atoms with E-state index in [0.717, 1.165) is 51.4 Å². The fraction of sp³-hybridized carbons (Fsp3) is 0.737. The zero-order chi connectivity index (χ0) is 36.0. The molecule has 49 heavy (non-hydrogen) atoms. The van der Waals surface area contributed by atoms with Crippen LogP contribution in [0.15, 0.2) is 18.6 Å². The Kier molecular flexibility index (Phi) is 12.9. The molecule has 0 radical (unpaired) electrons. The van der Waals surface area contributed by atoms with Gasteiger partial charge in [-0.15, -0.1) is 0 Å². The van der Waals surface area contributed by atoms with Crippen molar-refractivity contribution in [2.45, 2.75) is 131 Å². The van der Waals surface area contributed by atoms with E-state index in [1.165, 1.54) is 18.6 Å².